The second-order valence-corrected chi connectivity index (χ2v) is 9.74. The number of carbonyl (C=O) groups excluding carboxylic acids is 2. The molecule has 7 nitrogen and oxygen atoms in total. The van der Waals surface area contributed by atoms with E-state index in [9.17, 15) is 18.0 Å². The Morgan fingerprint density at radius 2 is 1.64 bits per heavy atom. The Balaban J connectivity index is 1.67. The van der Waals surface area contributed by atoms with E-state index in [-0.39, 0.29) is 22.8 Å². The van der Waals surface area contributed by atoms with Crippen LogP contribution in [0.4, 0.5) is 5.69 Å². The molecule has 0 N–H and O–H groups in total. The molecule has 2 aromatic carbocycles. The van der Waals surface area contributed by atoms with Gasteiger partial charge in [-0.3, -0.25) is 9.10 Å². The lowest BCUT2D eigenvalue weighted by Crippen LogP contribution is -2.26. The van der Waals surface area contributed by atoms with Crippen LogP contribution in [0.25, 0.3) is 0 Å². The van der Waals surface area contributed by atoms with Crippen molar-refractivity contribution < 1.29 is 22.7 Å². The molecule has 0 aliphatic carbocycles. The SMILES string of the molecule is CCCn1c(C)cc(C(=O)COC(=O)c2ccc(S(=O)(=O)N(C)c3ccccc3)cc2)c1C. The van der Waals surface area contributed by atoms with E-state index in [2.05, 4.69) is 11.5 Å². The van der Waals surface area contributed by atoms with Gasteiger partial charge in [0.2, 0.25) is 5.78 Å². The van der Waals surface area contributed by atoms with Crippen LogP contribution in [0.15, 0.2) is 65.6 Å². The lowest BCUT2D eigenvalue weighted by atomic mass is 10.1. The molecular weight excluding hydrogens is 440 g/mol. The summed E-state index contributed by atoms with van der Waals surface area (Å²) >= 11 is 0. The van der Waals surface area contributed by atoms with Crippen LogP contribution in [-0.2, 0) is 21.3 Å². The van der Waals surface area contributed by atoms with Gasteiger partial charge in [0.25, 0.3) is 10.0 Å². The zero-order chi connectivity index (χ0) is 24.2. The number of carbonyl (C=O) groups is 2. The summed E-state index contributed by atoms with van der Waals surface area (Å²) in [5.74, 6) is -0.964. The fraction of sp³-hybridized carbons (Fsp3) is 0.280. The highest BCUT2D eigenvalue weighted by Crippen LogP contribution is 2.22. The molecule has 8 heteroatoms. The Morgan fingerprint density at radius 3 is 2.24 bits per heavy atom. The van der Waals surface area contributed by atoms with E-state index in [4.69, 9.17) is 4.74 Å². The van der Waals surface area contributed by atoms with Crippen molar-refractivity contribution in [2.45, 2.75) is 38.6 Å². The average Bonchev–Trinajstić information content (AvgIpc) is 3.11. The molecule has 0 aliphatic heterocycles. The third-order valence-corrected chi connectivity index (χ3v) is 7.32. The second-order valence-electron chi connectivity index (χ2n) is 7.77. The molecule has 0 radical (unpaired) electrons. The van der Waals surface area contributed by atoms with Crippen LogP contribution < -0.4 is 4.31 Å². The Hall–Kier alpha value is -3.39. The summed E-state index contributed by atoms with van der Waals surface area (Å²) < 4.78 is 34.2. The number of aromatic nitrogens is 1. The van der Waals surface area contributed by atoms with Crippen LogP contribution in [0.1, 0.15) is 45.4 Å². The molecule has 1 aromatic heterocycles. The second kappa shape index (κ2) is 10.0. The number of para-hydroxylation sites is 1. The van der Waals surface area contributed by atoms with Crippen LogP contribution in [-0.4, -0.2) is 38.4 Å². The minimum absolute atomic E-state index is 0.0462. The number of aryl methyl sites for hydroxylation is 1. The smallest absolute Gasteiger partial charge is 0.338 e. The standard InChI is InChI=1S/C25H28N2O5S/c1-5-15-27-18(2)16-23(19(27)3)24(28)17-32-25(29)20-11-13-22(14-12-20)33(30,31)26(4)21-9-7-6-8-10-21/h6-14,16H,5,15,17H2,1-4H3. The van der Waals surface area contributed by atoms with E-state index in [1.54, 1.807) is 30.3 Å². The summed E-state index contributed by atoms with van der Waals surface area (Å²) in [6, 6.07) is 16.0. The van der Waals surface area contributed by atoms with Crippen molar-refractivity contribution in [1.82, 2.24) is 4.57 Å². The highest BCUT2D eigenvalue weighted by molar-refractivity contribution is 7.92. The minimum atomic E-state index is -3.78. The molecule has 0 bridgehead atoms. The van der Waals surface area contributed by atoms with Gasteiger partial charge in [0.1, 0.15) is 0 Å². The van der Waals surface area contributed by atoms with Crippen LogP contribution in [0.5, 0.6) is 0 Å². The highest BCUT2D eigenvalue weighted by Gasteiger charge is 2.22. The van der Waals surface area contributed by atoms with Gasteiger partial charge in [-0.15, -0.1) is 0 Å². The summed E-state index contributed by atoms with van der Waals surface area (Å²) in [5, 5.41) is 0. The van der Waals surface area contributed by atoms with E-state index in [0.717, 1.165) is 24.4 Å². The zero-order valence-corrected chi connectivity index (χ0v) is 20.1. The number of anilines is 1. The summed E-state index contributed by atoms with van der Waals surface area (Å²) in [6.07, 6.45) is 0.950. The van der Waals surface area contributed by atoms with Gasteiger partial charge in [-0.25, -0.2) is 13.2 Å². The maximum Gasteiger partial charge on any atom is 0.338 e. The van der Waals surface area contributed by atoms with Gasteiger partial charge in [-0.2, -0.15) is 0 Å². The first-order valence-corrected chi connectivity index (χ1v) is 12.1. The molecule has 0 atom stereocenters. The van der Waals surface area contributed by atoms with Crippen molar-refractivity contribution in [3.05, 3.63) is 83.2 Å². The van der Waals surface area contributed by atoms with Gasteiger partial charge in [-0.05, 0) is 62.7 Å². The molecule has 0 spiro atoms. The van der Waals surface area contributed by atoms with E-state index in [0.29, 0.717) is 11.3 Å². The van der Waals surface area contributed by atoms with E-state index < -0.39 is 16.0 Å². The van der Waals surface area contributed by atoms with Gasteiger partial charge >= 0.3 is 5.97 Å². The van der Waals surface area contributed by atoms with Crippen LogP contribution in [0.3, 0.4) is 0 Å². The first-order chi connectivity index (χ1) is 15.7. The van der Waals surface area contributed by atoms with Crippen molar-refractivity contribution in [1.29, 1.82) is 0 Å². The monoisotopic (exact) mass is 468 g/mol. The van der Waals surface area contributed by atoms with Crippen molar-refractivity contribution in [3.8, 4) is 0 Å². The third-order valence-electron chi connectivity index (χ3n) is 5.52. The van der Waals surface area contributed by atoms with E-state index in [1.165, 1.54) is 35.6 Å². The van der Waals surface area contributed by atoms with E-state index >= 15 is 0 Å². The Bertz CT molecular complexity index is 1250. The molecule has 174 valence electrons. The number of Topliss-reactive ketones (excluding diaryl/α,β-unsaturated/α-hetero) is 1. The highest BCUT2D eigenvalue weighted by atomic mass is 32.2. The Kier molecular flexibility index (Phi) is 7.38. The van der Waals surface area contributed by atoms with Gasteiger partial charge < -0.3 is 9.30 Å². The number of esters is 1. The van der Waals surface area contributed by atoms with Gasteiger partial charge in [0, 0.05) is 30.5 Å². The summed E-state index contributed by atoms with van der Waals surface area (Å²) in [5.41, 5.74) is 3.08. The van der Waals surface area contributed by atoms with Crippen molar-refractivity contribution in [2.75, 3.05) is 18.0 Å². The fourth-order valence-corrected chi connectivity index (χ4v) is 4.84. The van der Waals surface area contributed by atoms with Crippen LogP contribution >= 0.6 is 0 Å². The molecule has 0 saturated heterocycles. The molecule has 0 amide bonds. The maximum atomic E-state index is 12.9. The third kappa shape index (κ3) is 5.17. The molecule has 0 unspecified atom stereocenters. The largest absolute Gasteiger partial charge is 0.454 e. The van der Waals surface area contributed by atoms with Gasteiger partial charge in [0.15, 0.2) is 6.61 Å². The number of nitrogens with zero attached hydrogens (tertiary/aromatic N) is 2. The molecule has 3 aromatic rings. The zero-order valence-electron chi connectivity index (χ0n) is 19.2. The minimum Gasteiger partial charge on any atom is -0.454 e. The molecular formula is C25H28N2O5S. The number of hydrogen-bond donors (Lipinski definition) is 0. The first-order valence-electron chi connectivity index (χ1n) is 10.7. The van der Waals surface area contributed by atoms with Gasteiger partial charge in [0.05, 0.1) is 16.1 Å². The van der Waals surface area contributed by atoms with Crippen LogP contribution in [0, 0.1) is 13.8 Å². The summed E-state index contributed by atoms with van der Waals surface area (Å²) in [6.45, 7) is 6.32. The fourth-order valence-electron chi connectivity index (χ4n) is 3.64. The maximum absolute atomic E-state index is 12.9. The molecule has 0 fully saturated rings. The lowest BCUT2D eigenvalue weighted by molar-refractivity contribution is 0.0474. The number of sulfonamides is 1. The van der Waals surface area contributed by atoms with Crippen molar-refractivity contribution >= 4 is 27.5 Å². The van der Waals surface area contributed by atoms with E-state index in [1.807, 2.05) is 19.9 Å². The summed E-state index contributed by atoms with van der Waals surface area (Å²) in [4.78, 5) is 25.1. The predicted molar refractivity (Wildman–Crippen MR) is 127 cm³/mol. The molecule has 33 heavy (non-hydrogen) atoms. The average molecular weight is 469 g/mol. The normalized spacial score (nSPS) is 11.3. The van der Waals surface area contributed by atoms with Crippen LogP contribution in [0.2, 0.25) is 0 Å². The van der Waals surface area contributed by atoms with Crippen molar-refractivity contribution in [3.63, 3.8) is 0 Å². The van der Waals surface area contributed by atoms with Crippen molar-refractivity contribution in [2.24, 2.45) is 0 Å². The summed E-state index contributed by atoms with van der Waals surface area (Å²) in [7, 11) is -2.31. The molecule has 0 saturated carbocycles. The number of benzene rings is 2. The topological polar surface area (TPSA) is 85.7 Å². The number of ether oxygens (including phenoxy) is 1. The Labute approximate surface area is 194 Å². The van der Waals surface area contributed by atoms with Gasteiger partial charge in [-0.1, -0.05) is 25.1 Å². The first kappa shape index (κ1) is 24.3. The lowest BCUT2D eigenvalue weighted by Gasteiger charge is -2.19. The number of ketones is 1. The quantitative estimate of drug-likeness (QED) is 0.344. The number of rotatable bonds is 9. The molecule has 3 rings (SSSR count). The molecule has 1 heterocycles. The Morgan fingerprint density at radius 1 is 1.00 bits per heavy atom. The molecule has 0 aliphatic rings. The predicted octanol–water partition coefficient (Wildman–Crippen LogP) is 4.38. The number of hydrogen-bond acceptors (Lipinski definition) is 5.